The summed E-state index contributed by atoms with van der Waals surface area (Å²) in [5, 5.41) is 10.8. The highest BCUT2D eigenvalue weighted by Gasteiger charge is 2.28. The molecule has 0 spiro atoms. The van der Waals surface area contributed by atoms with E-state index in [9.17, 15) is 10.1 Å². The van der Waals surface area contributed by atoms with Crippen LogP contribution in [0.5, 0.6) is 5.75 Å². The topological polar surface area (TPSA) is 84.3 Å². The molecule has 1 aliphatic rings. The van der Waals surface area contributed by atoms with E-state index in [0.717, 1.165) is 57.6 Å². The Hall–Kier alpha value is -3.79. The lowest BCUT2D eigenvalue weighted by Crippen LogP contribution is -2.35. The third-order valence-corrected chi connectivity index (χ3v) is 6.72. The Bertz CT molecular complexity index is 1480. The van der Waals surface area contributed by atoms with Crippen molar-refractivity contribution in [1.29, 1.82) is 5.26 Å². The number of hydrogen-bond acceptors (Lipinski definition) is 6. The van der Waals surface area contributed by atoms with Gasteiger partial charge in [-0.15, -0.1) is 0 Å². The quantitative estimate of drug-likeness (QED) is 0.462. The predicted octanol–water partition coefficient (Wildman–Crippen LogP) is 4.56. The van der Waals surface area contributed by atoms with Crippen molar-refractivity contribution < 1.29 is 9.15 Å². The van der Waals surface area contributed by atoms with Gasteiger partial charge in [-0.25, -0.2) is 4.98 Å². The zero-order chi connectivity index (χ0) is 23.3. The maximum atomic E-state index is 13.0. The summed E-state index contributed by atoms with van der Waals surface area (Å²) in [7, 11) is 3.32. The van der Waals surface area contributed by atoms with Crippen LogP contribution in [0.4, 0.5) is 5.69 Å². The van der Waals surface area contributed by atoms with Crippen LogP contribution in [0.25, 0.3) is 22.0 Å². The fraction of sp³-hybridized carbons (Fsp3) is 0.346. The van der Waals surface area contributed by atoms with Crippen molar-refractivity contribution in [2.75, 3.05) is 25.1 Å². The van der Waals surface area contributed by atoms with Crippen molar-refractivity contribution in [3.05, 3.63) is 63.3 Å². The maximum absolute atomic E-state index is 13.0. The van der Waals surface area contributed by atoms with E-state index >= 15 is 0 Å². The number of hydrogen-bond donors (Lipinski definition) is 0. The number of aromatic nitrogens is 2. The maximum Gasteiger partial charge on any atom is 0.270 e. The van der Waals surface area contributed by atoms with Crippen LogP contribution < -0.4 is 15.2 Å². The summed E-state index contributed by atoms with van der Waals surface area (Å²) < 4.78 is 13.1. The van der Waals surface area contributed by atoms with Crippen molar-refractivity contribution in [3.8, 4) is 11.8 Å². The average Bonchev–Trinajstić information content (AvgIpc) is 3.24. The number of pyridine rings is 1. The molecule has 1 fully saturated rings. The molecule has 0 amide bonds. The Kier molecular flexibility index (Phi) is 5.09. The monoisotopic (exact) mass is 442 g/mol. The number of nitrogens with zero attached hydrogens (tertiary/aromatic N) is 4. The Morgan fingerprint density at radius 2 is 1.94 bits per heavy atom. The molecule has 0 unspecified atom stereocenters. The van der Waals surface area contributed by atoms with E-state index in [-0.39, 0.29) is 17.0 Å². The molecule has 5 rings (SSSR count). The second-order valence-corrected chi connectivity index (χ2v) is 8.82. The molecule has 4 aromatic rings. The van der Waals surface area contributed by atoms with Crippen molar-refractivity contribution in [2.24, 2.45) is 7.05 Å². The van der Waals surface area contributed by atoms with Crippen molar-refractivity contribution in [3.63, 3.8) is 0 Å². The minimum Gasteiger partial charge on any atom is -0.496 e. The SMILES string of the molecule is COc1cc2c(cc1C)c(N1CCC(c3nc4cc(C)ccc4o3)CC1)c(C#N)c(=O)n2C. The van der Waals surface area contributed by atoms with Crippen LogP contribution in [0, 0.1) is 25.2 Å². The Balaban J connectivity index is 1.52. The highest BCUT2D eigenvalue weighted by Crippen LogP contribution is 2.37. The first-order valence-electron chi connectivity index (χ1n) is 11.1. The molecule has 168 valence electrons. The van der Waals surface area contributed by atoms with Gasteiger partial charge in [0, 0.05) is 37.5 Å². The molecular weight excluding hydrogens is 416 g/mol. The number of methoxy groups -OCH3 is 1. The smallest absolute Gasteiger partial charge is 0.270 e. The molecule has 2 aromatic carbocycles. The Morgan fingerprint density at radius 1 is 1.18 bits per heavy atom. The molecule has 0 N–H and O–H groups in total. The van der Waals surface area contributed by atoms with Crippen LogP contribution in [-0.4, -0.2) is 29.8 Å². The normalized spacial score (nSPS) is 14.7. The van der Waals surface area contributed by atoms with Gasteiger partial charge >= 0.3 is 0 Å². The van der Waals surface area contributed by atoms with Gasteiger partial charge in [-0.2, -0.15) is 5.26 Å². The Labute approximate surface area is 191 Å². The van der Waals surface area contributed by atoms with Crippen LogP contribution in [0.1, 0.15) is 41.3 Å². The second kappa shape index (κ2) is 7.96. The van der Waals surface area contributed by atoms with Crippen LogP contribution in [0.15, 0.2) is 39.5 Å². The minimum absolute atomic E-state index is 0.186. The fourth-order valence-corrected chi connectivity index (χ4v) is 4.89. The zero-order valence-corrected chi connectivity index (χ0v) is 19.3. The van der Waals surface area contributed by atoms with Crippen LogP contribution >= 0.6 is 0 Å². The molecule has 0 radical (unpaired) electrons. The number of nitriles is 1. The first kappa shape index (κ1) is 21.1. The summed E-state index contributed by atoms with van der Waals surface area (Å²) in [6, 6.07) is 12.1. The van der Waals surface area contributed by atoms with Gasteiger partial charge in [-0.3, -0.25) is 4.79 Å². The standard InChI is InChI=1S/C26H26N4O3/c1-15-5-6-22-20(11-15)28-25(33-22)17-7-9-30(10-8-17)24-18-12-16(2)23(32-4)13-21(18)29(3)26(31)19(24)14-27/h5-6,11-13,17H,7-10H2,1-4H3. The molecule has 1 aliphatic heterocycles. The second-order valence-electron chi connectivity index (χ2n) is 8.82. The van der Waals surface area contributed by atoms with Gasteiger partial charge < -0.3 is 18.6 Å². The number of fused-ring (bicyclic) bond motifs is 2. The molecule has 33 heavy (non-hydrogen) atoms. The van der Waals surface area contributed by atoms with Gasteiger partial charge in [0.05, 0.1) is 18.3 Å². The lowest BCUT2D eigenvalue weighted by atomic mass is 9.95. The lowest BCUT2D eigenvalue weighted by Gasteiger charge is -2.34. The van der Waals surface area contributed by atoms with E-state index in [1.165, 1.54) is 4.57 Å². The van der Waals surface area contributed by atoms with E-state index in [1.807, 2.05) is 44.2 Å². The van der Waals surface area contributed by atoms with E-state index in [1.54, 1.807) is 14.2 Å². The third-order valence-electron chi connectivity index (χ3n) is 6.72. The molecule has 7 nitrogen and oxygen atoms in total. The summed E-state index contributed by atoms with van der Waals surface area (Å²) in [5.41, 5.74) is 5.19. The highest BCUT2D eigenvalue weighted by molar-refractivity contribution is 5.96. The number of oxazole rings is 1. The summed E-state index contributed by atoms with van der Waals surface area (Å²) in [6.45, 7) is 5.44. The molecule has 0 saturated carbocycles. The van der Waals surface area contributed by atoms with Crippen LogP contribution in [0.2, 0.25) is 0 Å². The number of piperidine rings is 1. The summed E-state index contributed by atoms with van der Waals surface area (Å²) in [5.74, 6) is 1.70. The number of aryl methyl sites for hydroxylation is 3. The molecule has 7 heteroatoms. The minimum atomic E-state index is -0.289. The Morgan fingerprint density at radius 3 is 2.64 bits per heavy atom. The largest absolute Gasteiger partial charge is 0.496 e. The van der Waals surface area contributed by atoms with Crippen molar-refractivity contribution in [1.82, 2.24) is 9.55 Å². The number of benzene rings is 2. The van der Waals surface area contributed by atoms with Crippen molar-refractivity contribution in [2.45, 2.75) is 32.6 Å². The zero-order valence-electron chi connectivity index (χ0n) is 19.3. The average molecular weight is 443 g/mol. The van der Waals surface area contributed by atoms with Gasteiger partial charge in [0.25, 0.3) is 5.56 Å². The van der Waals surface area contributed by atoms with E-state index in [4.69, 9.17) is 14.1 Å². The van der Waals surface area contributed by atoms with Gasteiger partial charge in [-0.1, -0.05) is 6.07 Å². The molecule has 1 saturated heterocycles. The third kappa shape index (κ3) is 3.43. The summed E-state index contributed by atoms with van der Waals surface area (Å²) >= 11 is 0. The van der Waals surface area contributed by atoms with Gasteiger partial charge in [-0.05, 0) is 56.0 Å². The van der Waals surface area contributed by atoms with E-state index in [0.29, 0.717) is 18.8 Å². The molecule has 3 heterocycles. The van der Waals surface area contributed by atoms with Crippen LogP contribution in [0.3, 0.4) is 0 Å². The first-order chi connectivity index (χ1) is 15.9. The number of ether oxygens (including phenoxy) is 1. The van der Waals surface area contributed by atoms with Gasteiger partial charge in [0.15, 0.2) is 11.5 Å². The van der Waals surface area contributed by atoms with Crippen LogP contribution in [-0.2, 0) is 7.05 Å². The number of rotatable bonds is 3. The summed E-state index contributed by atoms with van der Waals surface area (Å²) in [6.07, 6.45) is 1.67. The molecule has 0 aliphatic carbocycles. The first-order valence-corrected chi connectivity index (χ1v) is 11.1. The molecular formula is C26H26N4O3. The molecule has 0 atom stereocenters. The predicted molar refractivity (Wildman–Crippen MR) is 128 cm³/mol. The van der Waals surface area contributed by atoms with Gasteiger partial charge in [0.1, 0.15) is 22.9 Å². The highest BCUT2D eigenvalue weighted by atomic mass is 16.5. The van der Waals surface area contributed by atoms with E-state index in [2.05, 4.69) is 11.0 Å². The van der Waals surface area contributed by atoms with E-state index < -0.39 is 0 Å². The van der Waals surface area contributed by atoms with Gasteiger partial charge in [0.2, 0.25) is 0 Å². The number of anilines is 1. The fourth-order valence-electron chi connectivity index (χ4n) is 4.89. The van der Waals surface area contributed by atoms with Crippen molar-refractivity contribution >= 4 is 27.7 Å². The molecule has 2 aromatic heterocycles. The molecule has 0 bridgehead atoms. The lowest BCUT2D eigenvalue weighted by molar-refractivity contribution is 0.407. The summed E-state index contributed by atoms with van der Waals surface area (Å²) in [4.78, 5) is 19.9.